The van der Waals surface area contributed by atoms with Crippen LogP contribution in [0.2, 0.25) is 0 Å². The summed E-state index contributed by atoms with van der Waals surface area (Å²) in [5.74, 6) is 0. The first kappa shape index (κ1) is 12.4. The molecule has 2 aromatic rings. The fourth-order valence-electron chi connectivity index (χ4n) is 1.69. The van der Waals surface area contributed by atoms with E-state index >= 15 is 0 Å². The van der Waals surface area contributed by atoms with E-state index in [-0.39, 0.29) is 5.38 Å². The van der Waals surface area contributed by atoms with Crippen LogP contribution in [0.5, 0.6) is 0 Å². The minimum Gasteiger partial charge on any atom is -0.143 e. The summed E-state index contributed by atoms with van der Waals surface area (Å²) in [6.07, 6.45) is 0. The minimum absolute atomic E-state index is 0.0179. The van der Waals surface area contributed by atoms with Crippen LogP contribution in [-0.4, -0.2) is 0 Å². The van der Waals surface area contributed by atoms with Crippen LogP contribution in [0.3, 0.4) is 0 Å². The van der Waals surface area contributed by atoms with Crippen molar-refractivity contribution in [2.75, 3.05) is 0 Å². The highest BCUT2D eigenvalue weighted by Gasteiger charge is 2.15. The van der Waals surface area contributed by atoms with Crippen molar-refractivity contribution in [2.45, 2.75) is 19.2 Å². The van der Waals surface area contributed by atoms with Crippen LogP contribution >= 0.6 is 45.5 Å². The predicted molar refractivity (Wildman–Crippen MR) is 80.6 cm³/mol. The monoisotopic (exact) mass is 362 g/mol. The quantitative estimate of drug-likeness (QED) is 0.502. The van der Waals surface area contributed by atoms with E-state index in [9.17, 15) is 0 Å². The van der Waals surface area contributed by atoms with Gasteiger partial charge in [0.15, 0.2) is 0 Å². The van der Waals surface area contributed by atoms with E-state index in [1.54, 1.807) is 11.3 Å². The normalized spacial score (nSPS) is 12.8. The van der Waals surface area contributed by atoms with Crippen molar-refractivity contribution < 1.29 is 0 Å². The third kappa shape index (κ3) is 2.60. The van der Waals surface area contributed by atoms with Gasteiger partial charge in [-0.3, -0.25) is 0 Å². The number of aryl methyl sites for hydroxylation is 2. The molecular formula is C13H12ClIS. The van der Waals surface area contributed by atoms with Crippen LogP contribution in [-0.2, 0) is 0 Å². The molecule has 1 unspecified atom stereocenters. The Morgan fingerprint density at radius 3 is 2.31 bits per heavy atom. The molecule has 1 aromatic heterocycles. The third-order valence-corrected chi connectivity index (χ3v) is 5.01. The van der Waals surface area contributed by atoms with Gasteiger partial charge in [0, 0.05) is 13.3 Å². The van der Waals surface area contributed by atoms with Gasteiger partial charge in [0.1, 0.15) is 0 Å². The second-order valence-corrected chi connectivity index (χ2v) is 6.79. The van der Waals surface area contributed by atoms with Crippen molar-refractivity contribution in [3.8, 4) is 0 Å². The fraction of sp³-hybridized carbons (Fsp3) is 0.231. The van der Waals surface area contributed by atoms with E-state index in [4.69, 9.17) is 11.6 Å². The molecule has 0 spiro atoms. The van der Waals surface area contributed by atoms with Crippen LogP contribution in [0.1, 0.15) is 26.3 Å². The summed E-state index contributed by atoms with van der Waals surface area (Å²) in [7, 11) is 0. The number of hydrogen-bond acceptors (Lipinski definition) is 1. The second kappa shape index (κ2) is 5.07. The molecule has 0 bridgehead atoms. The van der Waals surface area contributed by atoms with Crippen LogP contribution < -0.4 is 0 Å². The third-order valence-electron chi connectivity index (χ3n) is 2.47. The maximum absolute atomic E-state index is 6.51. The van der Waals surface area contributed by atoms with Gasteiger partial charge in [-0.25, -0.2) is 0 Å². The zero-order valence-corrected chi connectivity index (χ0v) is 12.9. The Labute approximate surface area is 119 Å². The summed E-state index contributed by atoms with van der Waals surface area (Å²) in [6, 6.07) is 10.6. The number of halogens is 2. The van der Waals surface area contributed by atoms with Crippen LogP contribution in [0, 0.1) is 17.4 Å². The van der Waals surface area contributed by atoms with Gasteiger partial charge in [0.05, 0.1) is 5.38 Å². The SMILES string of the molecule is Cc1cc(C)c(C(Cl)c2ccc(I)cc2)s1. The lowest BCUT2D eigenvalue weighted by Gasteiger charge is -2.09. The van der Waals surface area contributed by atoms with Crippen molar-refractivity contribution in [1.29, 1.82) is 0 Å². The van der Waals surface area contributed by atoms with Gasteiger partial charge >= 0.3 is 0 Å². The number of alkyl halides is 1. The molecule has 16 heavy (non-hydrogen) atoms. The first-order valence-electron chi connectivity index (χ1n) is 5.04. The number of hydrogen-bond donors (Lipinski definition) is 0. The molecule has 0 aliphatic rings. The van der Waals surface area contributed by atoms with Crippen LogP contribution in [0.4, 0.5) is 0 Å². The van der Waals surface area contributed by atoms with Crippen molar-refractivity contribution in [2.24, 2.45) is 0 Å². The Hall–Kier alpha value is -0.0600. The maximum Gasteiger partial charge on any atom is 0.0930 e. The standard InChI is InChI=1S/C13H12ClIS/c1-8-7-9(2)16-13(8)12(14)10-3-5-11(15)6-4-10/h3-7,12H,1-2H3. The lowest BCUT2D eigenvalue weighted by Crippen LogP contribution is -1.91. The van der Waals surface area contributed by atoms with E-state index in [0.717, 1.165) is 0 Å². The summed E-state index contributed by atoms with van der Waals surface area (Å²) in [5, 5.41) is -0.0179. The lowest BCUT2D eigenvalue weighted by atomic mass is 10.1. The highest BCUT2D eigenvalue weighted by atomic mass is 127. The first-order chi connectivity index (χ1) is 7.58. The van der Waals surface area contributed by atoms with Crippen LogP contribution in [0.25, 0.3) is 0 Å². The van der Waals surface area contributed by atoms with Gasteiger partial charge in [-0.2, -0.15) is 0 Å². The molecular weight excluding hydrogens is 351 g/mol. The zero-order chi connectivity index (χ0) is 11.7. The molecule has 0 nitrogen and oxygen atoms in total. The molecule has 0 saturated carbocycles. The Bertz CT molecular complexity index is 487. The number of thiophene rings is 1. The fourth-order valence-corrected chi connectivity index (χ4v) is 3.55. The summed E-state index contributed by atoms with van der Waals surface area (Å²) in [5.41, 5.74) is 2.47. The molecule has 0 radical (unpaired) electrons. The molecule has 2 rings (SSSR count). The van der Waals surface area contributed by atoms with E-state index in [1.807, 2.05) is 0 Å². The molecule has 1 atom stereocenters. The molecule has 0 amide bonds. The van der Waals surface area contributed by atoms with Gasteiger partial charge in [-0.05, 0) is 65.8 Å². The molecule has 0 aliphatic carbocycles. The topological polar surface area (TPSA) is 0 Å². The minimum atomic E-state index is -0.0179. The van der Waals surface area contributed by atoms with E-state index in [2.05, 4.69) is 66.8 Å². The molecule has 0 fully saturated rings. The van der Waals surface area contributed by atoms with E-state index < -0.39 is 0 Å². The summed E-state index contributed by atoms with van der Waals surface area (Å²) >= 11 is 10.6. The summed E-state index contributed by atoms with van der Waals surface area (Å²) < 4.78 is 1.24. The molecule has 0 aliphatic heterocycles. The maximum atomic E-state index is 6.51. The van der Waals surface area contributed by atoms with Gasteiger partial charge in [0.2, 0.25) is 0 Å². The second-order valence-electron chi connectivity index (χ2n) is 3.82. The molecule has 0 saturated heterocycles. The van der Waals surface area contributed by atoms with Crippen molar-refractivity contribution in [3.63, 3.8) is 0 Å². The molecule has 84 valence electrons. The number of rotatable bonds is 2. The average Bonchev–Trinajstić information content (AvgIpc) is 2.58. The van der Waals surface area contributed by atoms with Crippen molar-refractivity contribution in [3.05, 3.63) is 54.8 Å². The van der Waals surface area contributed by atoms with Gasteiger partial charge in [-0.15, -0.1) is 22.9 Å². The molecule has 3 heteroatoms. The molecule has 1 heterocycles. The molecule has 1 aromatic carbocycles. The van der Waals surface area contributed by atoms with Crippen LogP contribution in [0.15, 0.2) is 30.3 Å². The number of benzene rings is 1. The zero-order valence-electron chi connectivity index (χ0n) is 9.13. The smallest absolute Gasteiger partial charge is 0.0930 e. The Morgan fingerprint density at radius 2 is 1.81 bits per heavy atom. The van der Waals surface area contributed by atoms with Gasteiger partial charge in [0.25, 0.3) is 0 Å². The Morgan fingerprint density at radius 1 is 1.19 bits per heavy atom. The molecule has 0 N–H and O–H groups in total. The predicted octanol–water partition coefficient (Wildman–Crippen LogP) is 5.30. The average molecular weight is 363 g/mol. The Kier molecular flexibility index (Phi) is 3.93. The van der Waals surface area contributed by atoms with Crippen molar-refractivity contribution in [1.82, 2.24) is 0 Å². The highest BCUT2D eigenvalue weighted by Crippen LogP contribution is 2.36. The van der Waals surface area contributed by atoms with E-state index in [0.29, 0.717) is 0 Å². The first-order valence-corrected chi connectivity index (χ1v) is 7.37. The largest absolute Gasteiger partial charge is 0.143 e. The van der Waals surface area contributed by atoms with E-state index in [1.165, 1.54) is 24.5 Å². The lowest BCUT2D eigenvalue weighted by molar-refractivity contribution is 1.16. The summed E-state index contributed by atoms with van der Waals surface area (Å²) in [6.45, 7) is 4.25. The van der Waals surface area contributed by atoms with Gasteiger partial charge in [-0.1, -0.05) is 12.1 Å². The van der Waals surface area contributed by atoms with Crippen molar-refractivity contribution >= 4 is 45.5 Å². The van der Waals surface area contributed by atoms with Gasteiger partial charge < -0.3 is 0 Å². The highest BCUT2D eigenvalue weighted by molar-refractivity contribution is 14.1. The Balaban J connectivity index is 2.35. The summed E-state index contributed by atoms with van der Waals surface area (Å²) in [4.78, 5) is 2.59.